The van der Waals surface area contributed by atoms with Crippen LogP contribution in [0.5, 0.6) is 5.75 Å². The lowest BCUT2D eigenvalue weighted by Crippen LogP contribution is -1.99. The summed E-state index contributed by atoms with van der Waals surface area (Å²) in [6.07, 6.45) is 3.87. The summed E-state index contributed by atoms with van der Waals surface area (Å²) in [6.45, 7) is 5.00. The van der Waals surface area contributed by atoms with Gasteiger partial charge >= 0.3 is 0 Å². The Morgan fingerprint density at radius 3 is 2.22 bits per heavy atom. The molecule has 158 valence electrons. The molecule has 0 spiro atoms. The summed E-state index contributed by atoms with van der Waals surface area (Å²) in [7, 11) is 1.69. The highest BCUT2D eigenvalue weighted by molar-refractivity contribution is 6.03. The number of benzene rings is 3. The number of ether oxygens (including phenoxy) is 1. The molecule has 2 heterocycles. The Kier molecular flexibility index (Phi) is 5.20. The lowest BCUT2D eigenvalue weighted by molar-refractivity contribution is 0.415. The van der Waals surface area contributed by atoms with Crippen molar-refractivity contribution in [2.24, 2.45) is 0 Å². The second kappa shape index (κ2) is 8.31. The van der Waals surface area contributed by atoms with Gasteiger partial charge in [-0.15, -0.1) is 0 Å². The van der Waals surface area contributed by atoms with Crippen molar-refractivity contribution in [1.82, 2.24) is 14.5 Å². The number of aromatic nitrogens is 3. The van der Waals surface area contributed by atoms with E-state index in [4.69, 9.17) is 14.7 Å². The summed E-state index contributed by atoms with van der Waals surface area (Å²) in [4.78, 5) is 9.47. The van der Waals surface area contributed by atoms with Crippen LogP contribution in [0.25, 0.3) is 33.4 Å². The summed E-state index contributed by atoms with van der Waals surface area (Å²) >= 11 is 0. The van der Waals surface area contributed by atoms with Gasteiger partial charge in [0.2, 0.25) is 0 Å². The Hall–Kier alpha value is -3.92. The van der Waals surface area contributed by atoms with Crippen molar-refractivity contribution in [1.29, 1.82) is 0 Å². The second-order valence-electron chi connectivity index (χ2n) is 8.18. The number of hydrogen-bond acceptors (Lipinski definition) is 3. The van der Waals surface area contributed by atoms with Crippen LogP contribution in [0.4, 0.5) is 0 Å². The third kappa shape index (κ3) is 3.76. The zero-order valence-corrected chi connectivity index (χ0v) is 18.5. The van der Waals surface area contributed by atoms with E-state index in [0.717, 1.165) is 45.7 Å². The zero-order valence-electron chi connectivity index (χ0n) is 18.5. The number of fused-ring (bicyclic) bond motifs is 1. The number of rotatable bonds is 5. The molecular weight excluding hydrogens is 394 g/mol. The van der Waals surface area contributed by atoms with E-state index < -0.39 is 0 Å². The van der Waals surface area contributed by atoms with E-state index in [2.05, 4.69) is 79.2 Å². The Morgan fingerprint density at radius 1 is 0.812 bits per heavy atom. The first-order valence-electron chi connectivity index (χ1n) is 10.7. The first-order chi connectivity index (χ1) is 15.6. The van der Waals surface area contributed by atoms with Crippen LogP contribution in [0, 0.1) is 13.8 Å². The molecule has 0 aliphatic rings. The maximum atomic E-state index is 5.37. The van der Waals surface area contributed by atoms with Gasteiger partial charge in [0.05, 0.1) is 18.2 Å². The minimum Gasteiger partial charge on any atom is -0.497 e. The molecule has 0 saturated heterocycles. The van der Waals surface area contributed by atoms with Crippen molar-refractivity contribution in [2.45, 2.75) is 20.4 Å². The molecule has 0 bridgehead atoms. The van der Waals surface area contributed by atoms with E-state index in [1.807, 2.05) is 18.2 Å². The molecule has 0 atom stereocenters. The molecule has 0 amide bonds. The Bertz CT molecular complexity index is 1370. The third-order valence-electron chi connectivity index (χ3n) is 5.75. The third-order valence-corrected chi connectivity index (χ3v) is 5.75. The van der Waals surface area contributed by atoms with Crippen LogP contribution in [0.15, 0.2) is 85.3 Å². The topological polar surface area (TPSA) is 39.9 Å². The van der Waals surface area contributed by atoms with Crippen LogP contribution < -0.4 is 4.74 Å². The highest BCUT2D eigenvalue weighted by Crippen LogP contribution is 2.37. The van der Waals surface area contributed by atoms with Gasteiger partial charge in [0.15, 0.2) is 0 Å². The molecule has 0 aliphatic carbocycles. The highest BCUT2D eigenvalue weighted by atomic mass is 16.5. The average molecular weight is 420 g/mol. The Balaban J connectivity index is 1.76. The van der Waals surface area contributed by atoms with Gasteiger partial charge in [-0.1, -0.05) is 59.7 Å². The first-order valence-corrected chi connectivity index (χ1v) is 10.7. The zero-order chi connectivity index (χ0) is 22.1. The predicted octanol–water partition coefficient (Wildman–Crippen LogP) is 6.44. The van der Waals surface area contributed by atoms with Crippen molar-refractivity contribution in [3.8, 4) is 28.1 Å². The molecule has 3 aromatic carbocycles. The Morgan fingerprint density at radius 2 is 1.53 bits per heavy atom. The summed E-state index contributed by atoms with van der Waals surface area (Å²) in [5, 5.41) is 1.07. The van der Waals surface area contributed by atoms with Crippen molar-refractivity contribution >= 4 is 11.0 Å². The fraction of sp³-hybridized carbons (Fsp3) is 0.143. The van der Waals surface area contributed by atoms with Gasteiger partial charge in [-0.05, 0) is 49.2 Å². The smallest absolute Gasteiger partial charge is 0.144 e. The molecule has 0 saturated carbocycles. The van der Waals surface area contributed by atoms with Gasteiger partial charge in [0, 0.05) is 23.9 Å². The normalized spacial score (nSPS) is 11.1. The first kappa shape index (κ1) is 20.0. The number of hydrogen-bond donors (Lipinski definition) is 0. The molecule has 0 radical (unpaired) electrons. The van der Waals surface area contributed by atoms with Crippen molar-refractivity contribution in [3.63, 3.8) is 0 Å². The fourth-order valence-corrected chi connectivity index (χ4v) is 4.34. The molecule has 32 heavy (non-hydrogen) atoms. The van der Waals surface area contributed by atoms with Gasteiger partial charge in [-0.25, -0.2) is 9.97 Å². The van der Waals surface area contributed by atoms with Crippen LogP contribution in [0.2, 0.25) is 0 Å². The molecule has 2 aromatic heterocycles. The fourth-order valence-electron chi connectivity index (χ4n) is 4.34. The van der Waals surface area contributed by atoms with E-state index in [1.165, 1.54) is 16.7 Å². The number of aryl methyl sites for hydroxylation is 2. The molecule has 5 rings (SSSR count). The van der Waals surface area contributed by atoms with Gasteiger partial charge in [-0.3, -0.25) is 0 Å². The lowest BCUT2D eigenvalue weighted by Gasteiger charge is -2.09. The van der Waals surface area contributed by atoms with Gasteiger partial charge < -0.3 is 9.30 Å². The SMILES string of the molecule is COc1ccc(-c2cn(Cc3ccccc3)c3ncnc(-c4cc(C)cc(C)c4)c23)cc1. The quantitative estimate of drug-likeness (QED) is 0.329. The molecule has 4 heteroatoms. The largest absolute Gasteiger partial charge is 0.497 e. The maximum absolute atomic E-state index is 5.37. The molecule has 0 fully saturated rings. The van der Waals surface area contributed by atoms with E-state index >= 15 is 0 Å². The lowest BCUT2D eigenvalue weighted by atomic mass is 9.99. The monoisotopic (exact) mass is 419 g/mol. The van der Waals surface area contributed by atoms with Crippen LogP contribution in [0.1, 0.15) is 16.7 Å². The number of methoxy groups -OCH3 is 1. The molecule has 0 N–H and O–H groups in total. The van der Waals surface area contributed by atoms with Crippen molar-refractivity contribution < 1.29 is 4.74 Å². The van der Waals surface area contributed by atoms with Gasteiger partial charge in [0.25, 0.3) is 0 Å². The molecule has 4 nitrogen and oxygen atoms in total. The summed E-state index contributed by atoms with van der Waals surface area (Å²) < 4.78 is 7.59. The predicted molar refractivity (Wildman–Crippen MR) is 130 cm³/mol. The second-order valence-corrected chi connectivity index (χ2v) is 8.18. The van der Waals surface area contributed by atoms with Gasteiger partial charge in [-0.2, -0.15) is 0 Å². The summed E-state index contributed by atoms with van der Waals surface area (Å²) in [6, 6.07) is 25.2. The van der Waals surface area contributed by atoms with Crippen molar-refractivity contribution in [3.05, 3.63) is 102 Å². The molecular formula is C28H25N3O. The standard InChI is InChI=1S/C28H25N3O/c1-19-13-20(2)15-23(14-19)27-26-25(22-9-11-24(32-3)12-10-22)17-31(28(26)30-18-29-27)16-21-7-5-4-6-8-21/h4-15,17-18H,16H2,1-3H3. The summed E-state index contributed by atoms with van der Waals surface area (Å²) in [5.74, 6) is 0.840. The highest BCUT2D eigenvalue weighted by Gasteiger charge is 2.18. The molecule has 5 aromatic rings. The minimum atomic E-state index is 0.747. The van der Waals surface area contributed by atoms with Crippen LogP contribution in [-0.4, -0.2) is 21.6 Å². The van der Waals surface area contributed by atoms with Crippen molar-refractivity contribution in [2.75, 3.05) is 7.11 Å². The summed E-state index contributed by atoms with van der Waals surface area (Å²) in [5.41, 5.74) is 8.92. The van der Waals surface area contributed by atoms with Crippen LogP contribution in [0.3, 0.4) is 0 Å². The Labute approximate surface area is 188 Å². The minimum absolute atomic E-state index is 0.747. The van der Waals surface area contributed by atoms with Crippen LogP contribution >= 0.6 is 0 Å². The van der Waals surface area contributed by atoms with E-state index in [1.54, 1.807) is 13.4 Å². The van der Waals surface area contributed by atoms with E-state index in [-0.39, 0.29) is 0 Å². The average Bonchev–Trinajstić information content (AvgIpc) is 3.17. The molecule has 0 aliphatic heterocycles. The van der Waals surface area contributed by atoms with Gasteiger partial charge in [0.1, 0.15) is 17.7 Å². The van der Waals surface area contributed by atoms with Crippen LogP contribution in [-0.2, 0) is 6.54 Å². The number of nitrogens with zero attached hydrogens (tertiary/aromatic N) is 3. The van der Waals surface area contributed by atoms with E-state index in [0.29, 0.717) is 0 Å². The van der Waals surface area contributed by atoms with E-state index in [9.17, 15) is 0 Å². The molecule has 0 unspecified atom stereocenters. The maximum Gasteiger partial charge on any atom is 0.144 e.